The van der Waals surface area contributed by atoms with E-state index in [1.54, 1.807) is 6.07 Å². The van der Waals surface area contributed by atoms with Gasteiger partial charge in [-0.25, -0.2) is 17.7 Å². The van der Waals surface area contributed by atoms with Crippen LogP contribution >= 0.6 is 0 Å². The van der Waals surface area contributed by atoms with Gasteiger partial charge in [0.05, 0.1) is 5.75 Å². The molecule has 16 heavy (non-hydrogen) atoms. The lowest BCUT2D eigenvalue weighted by Crippen LogP contribution is -2.28. The van der Waals surface area contributed by atoms with E-state index in [0.29, 0.717) is 5.82 Å². The Bertz CT molecular complexity index is 448. The Morgan fingerprint density at radius 2 is 2.12 bits per heavy atom. The number of nitrogens with one attached hydrogen (secondary N) is 1. The average Bonchev–Trinajstić information content (AvgIpc) is 2.17. The van der Waals surface area contributed by atoms with Crippen molar-refractivity contribution in [2.24, 2.45) is 0 Å². The van der Waals surface area contributed by atoms with E-state index in [4.69, 9.17) is 0 Å². The molecule has 0 aliphatic carbocycles. The van der Waals surface area contributed by atoms with E-state index in [1.165, 1.54) is 26.2 Å². The van der Waals surface area contributed by atoms with Crippen LogP contribution in [0.25, 0.3) is 0 Å². The SMILES string of the molecule is CN(C)S(=O)(=O)CCNc1cccc(F)n1. The second-order valence-corrected chi connectivity index (χ2v) is 5.67. The molecule has 1 aromatic heterocycles. The number of aromatic nitrogens is 1. The van der Waals surface area contributed by atoms with Gasteiger partial charge in [-0.1, -0.05) is 6.07 Å². The number of rotatable bonds is 5. The first-order valence-corrected chi connectivity index (χ1v) is 6.29. The molecule has 7 heteroatoms. The maximum absolute atomic E-state index is 12.7. The van der Waals surface area contributed by atoms with E-state index < -0.39 is 16.0 Å². The maximum atomic E-state index is 12.7. The fourth-order valence-electron chi connectivity index (χ4n) is 0.997. The molecular weight excluding hydrogens is 233 g/mol. The second kappa shape index (κ2) is 5.22. The second-order valence-electron chi connectivity index (χ2n) is 3.37. The summed E-state index contributed by atoms with van der Waals surface area (Å²) >= 11 is 0. The van der Waals surface area contributed by atoms with Gasteiger partial charge in [-0.05, 0) is 12.1 Å². The number of sulfonamides is 1. The third-order valence-electron chi connectivity index (χ3n) is 1.94. The molecule has 90 valence electrons. The number of halogens is 1. The van der Waals surface area contributed by atoms with Gasteiger partial charge >= 0.3 is 0 Å². The van der Waals surface area contributed by atoms with Crippen LogP contribution < -0.4 is 5.32 Å². The van der Waals surface area contributed by atoms with Crippen LogP contribution in [0.5, 0.6) is 0 Å². The first kappa shape index (κ1) is 12.9. The molecule has 0 fully saturated rings. The normalized spacial score (nSPS) is 11.8. The van der Waals surface area contributed by atoms with Crippen LogP contribution in [0.4, 0.5) is 10.2 Å². The van der Waals surface area contributed by atoms with Crippen LogP contribution in [0.3, 0.4) is 0 Å². The number of anilines is 1. The fourth-order valence-corrected chi connectivity index (χ4v) is 1.72. The minimum absolute atomic E-state index is 0.0573. The van der Waals surface area contributed by atoms with Crippen LogP contribution in [0.15, 0.2) is 18.2 Å². The molecule has 1 heterocycles. The third-order valence-corrected chi connectivity index (χ3v) is 3.77. The summed E-state index contributed by atoms with van der Waals surface area (Å²) < 4.78 is 36.6. The smallest absolute Gasteiger partial charge is 0.215 e. The lowest BCUT2D eigenvalue weighted by atomic mass is 10.4. The highest BCUT2D eigenvalue weighted by molar-refractivity contribution is 7.89. The number of nitrogens with zero attached hydrogens (tertiary/aromatic N) is 2. The van der Waals surface area contributed by atoms with Crippen molar-refractivity contribution in [3.05, 3.63) is 24.1 Å². The zero-order valence-corrected chi connectivity index (χ0v) is 9.96. The van der Waals surface area contributed by atoms with Gasteiger partial charge in [0.2, 0.25) is 16.0 Å². The maximum Gasteiger partial charge on any atom is 0.215 e. The summed E-state index contributed by atoms with van der Waals surface area (Å²) in [5, 5.41) is 2.74. The molecule has 1 aromatic rings. The van der Waals surface area contributed by atoms with Crippen LogP contribution in [0, 0.1) is 5.95 Å². The summed E-state index contributed by atoms with van der Waals surface area (Å²) in [4.78, 5) is 3.55. The molecule has 0 aromatic carbocycles. The first-order chi connectivity index (χ1) is 7.42. The molecule has 0 atom stereocenters. The van der Waals surface area contributed by atoms with Crippen LogP contribution in [0.2, 0.25) is 0 Å². The summed E-state index contributed by atoms with van der Waals surface area (Å²) in [6.07, 6.45) is 0. The molecule has 0 amide bonds. The van der Waals surface area contributed by atoms with Crippen LogP contribution in [-0.4, -0.2) is 44.1 Å². The standard InChI is InChI=1S/C9H14FN3O2S/c1-13(2)16(14,15)7-6-11-9-5-3-4-8(10)12-9/h3-5H,6-7H2,1-2H3,(H,11,12). The van der Waals surface area contributed by atoms with Crippen molar-refractivity contribution in [3.63, 3.8) is 0 Å². The highest BCUT2D eigenvalue weighted by Gasteiger charge is 2.12. The molecule has 0 spiro atoms. The number of hydrogen-bond acceptors (Lipinski definition) is 4. The summed E-state index contributed by atoms with van der Waals surface area (Å²) in [7, 11) is -0.293. The van der Waals surface area contributed by atoms with Gasteiger partial charge in [0.1, 0.15) is 5.82 Å². The van der Waals surface area contributed by atoms with E-state index >= 15 is 0 Å². The topological polar surface area (TPSA) is 62.3 Å². The molecule has 0 aliphatic heterocycles. The first-order valence-electron chi connectivity index (χ1n) is 4.68. The lowest BCUT2D eigenvalue weighted by molar-refractivity contribution is 0.521. The zero-order chi connectivity index (χ0) is 12.2. The molecule has 0 aliphatic rings. The minimum atomic E-state index is -3.23. The summed E-state index contributed by atoms with van der Waals surface area (Å²) in [5.74, 6) is -0.326. The molecule has 0 saturated heterocycles. The molecule has 5 nitrogen and oxygen atoms in total. The Labute approximate surface area is 94.3 Å². The van der Waals surface area contributed by atoms with Gasteiger partial charge in [-0.3, -0.25) is 0 Å². The monoisotopic (exact) mass is 247 g/mol. The van der Waals surface area contributed by atoms with Gasteiger partial charge < -0.3 is 5.32 Å². The number of hydrogen-bond donors (Lipinski definition) is 1. The highest BCUT2D eigenvalue weighted by Crippen LogP contribution is 2.03. The van der Waals surface area contributed by atoms with E-state index in [1.807, 2.05) is 0 Å². The van der Waals surface area contributed by atoms with Crippen molar-refractivity contribution in [1.82, 2.24) is 9.29 Å². The molecule has 1 rings (SSSR count). The average molecular weight is 247 g/mol. The van der Waals surface area contributed by atoms with Crippen molar-refractivity contribution >= 4 is 15.8 Å². The van der Waals surface area contributed by atoms with Crippen LogP contribution in [0.1, 0.15) is 0 Å². The van der Waals surface area contributed by atoms with Gasteiger partial charge in [0.15, 0.2) is 0 Å². The van der Waals surface area contributed by atoms with Gasteiger partial charge in [0.25, 0.3) is 0 Å². The molecule has 0 unspecified atom stereocenters. The van der Waals surface area contributed by atoms with Crippen molar-refractivity contribution in [3.8, 4) is 0 Å². The summed E-state index contributed by atoms with van der Waals surface area (Å²) in [6, 6.07) is 4.30. The van der Waals surface area contributed by atoms with E-state index in [0.717, 1.165) is 4.31 Å². The lowest BCUT2D eigenvalue weighted by Gasteiger charge is -2.11. The van der Waals surface area contributed by atoms with E-state index in [2.05, 4.69) is 10.3 Å². The fraction of sp³-hybridized carbons (Fsp3) is 0.444. The Balaban J connectivity index is 2.48. The predicted molar refractivity (Wildman–Crippen MR) is 60.2 cm³/mol. The van der Waals surface area contributed by atoms with Crippen molar-refractivity contribution in [2.45, 2.75) is 0 Å². The third kappa shape index (κ3) is 3.74. The highest BCUT2D eigenvalue weighted by atomic mass is 32.2. The Kier molecular flexibility index (Phi) is 4.19. The molecular formula is C9H14FN3O2S. The Morgan fingerprint density at radius 1 is 1.44 bits per heavy atom. The molecule has 0 bridgehead atoms. The van der Waals surface area contributed by atoms with Crippen molar-refractivity contribution in [1.29, 1.82) is 0 Å². The molecule has 0 saturated carbocycles. The van der Waals surface area contributed by atoms with Crippen molar-refractivity contribution in [2.75, 3.05) is 31.7 Å². The quantitative estimate of drug-likeness (QED) is 0.771. The molecule has 0 radical (unpaired) electrons. The molecule has 1 N–H and O–H groups in total. The Hall–Kier alpha value is -1.21. The van der Waals surface area contributed by atoms with Gasteiger partial charge in [0, 0.05) is 20.6 Å². The largest absolute Gasteiger partial charge is 0.369 e. The van der Waals surface area contributed by atoms with Crippen molar-refractivity contribution < 1.29 is 12.8 Å². The zero-order valence-electron chi connectivity index (χ0n) is 9.14. The Morgan fingerprint density at radius 3 is 2.69 bits per heavy atom. The minimum Gasteiger partial charge on any atom is -0.369 e. The van der Waals surface area contributed by atoms with Gasteiger partial charge in [-0.15, -0.1) is 0 Å². The van der Waals surface area contributed by atoms with Gasteiger partial charge in [-0.2, -0.15) is 4.39 Å². The summed E-state index contributed by atoms with van der Waals surface area (Å²) in [5.41, 5.74) is 0. The van der Waals surface area contributed by atoms with E-state index in [9.17, 15) is 12.8 Å². The summed E-state index contributed by atoms with van der Waals surface area (Å²) in [6.45, 7) is 0.191. The van der Waals surface area contributed by atoms with Crippen LogP contribution in [-0.2, 0) is 10.0 Å². The number of pyridine rings is 1. The van der Waals surface area contributed by atoms with E-state index in [-0.39, 0.29) is 12.3 Å². The predicted octanol–water partition coefficient (Wildman–Crippen LogP) is 0.524.